The minimum atomic E-state index is -0.158. The first-order chi connectivity index (χ1) is 12.7. The van der Waals surface area contributed by atoms with E-state index in [1.54, 1.807) is 22.7 Å². The molecule has 0 aliphatic rings. The van der Waals surface area contributed by atoms with E-state index in [2.05, 4.69) is 21.7 Å². The molecule has 3 heterocycles. The van der Waals surface area contributed by atoms with Gasteiger partial charge in [-0.3, -0.25) is 4.79 Å². The number of rotatable bonds is 5. The number of amides is 1. The number of aromatic nitrogens is 1. The van der Waals surface area contributed by atoms with Crippen molar-refractivity contribution in [3.8, 4) is 10.6 Å². The van der Waals surface area contributed by atoms with Gasteiger partial charge in [-0.1, -0.05) is 36.4 Å². The van der Waals surface area contributed by atoms with E-state index in [-0.39, 0.29) is 11.9 Å². The number of hydrogen-bond donors (Lipinski definition) is 1. The van der Waals surface area contributed by atoms with E-state index >= 15 is 0 Å². The van der Waals surface area contributed by atoms with Gasteiger partial charge < -0.3 is 5.32 Å². The lowest BCUT2D eigenvalue weighted by Gasteiger charge is -2.17. The summed E-state index contributed by atoms with van der Waals surface area (Å²) in [5.41, 5.74) is 2.91. The molecule has 130 valence electrons. The van der Waals surface area contributed by atoms with Crippen molar-refractivity contribution in [2.45, 2.75) is 13.0 Å². The first-order valence-corrected chi connectivity index (χ1v) is 10.8. The Bertz CT molecular complexity index is 989. The zero-order valence-corrected chi connectivity index (χ0v) is 16.5. The molecule has 0 bridgehead atoms. The Morgan fingerprint density at radius 2 is 1.92 bits per heavy atom. The van der Waals surface area contributed by atoms with Crippen LogP contribution in [0.1, 0.15) is 31.8 Å². The summed E-state index contributed by atoms with van der Waals surface area (Å²) in [7, 11) is 0. The standard InChI is InChI=1S/C20H16N2OS3/c1-13-18(26-20(21-13)15-9-11-24-12-15)19(23)22-17(16-8-5-10-25-16)14-6-3-2-4-7-14/h2-12,17H,1H3,(H,22,23). The Morgan fingerprint density at radius 1 is 1.08 bits per heavy atom. The molecular formula is C20H16N2OS3. The molecule has 3 nitrogen and oxygen atoms in total. The van der Waals surface area contributed by atoms with Gasteiger partial charge in [-0.15, -0.1) is 22.7 Å². The predicted molar refractivity (Wildman–Crippen MR) is 110 cm³/mol. The van der Waals surface area contributed by atoms with Crippen LogP contribution in [-0.4, -0.2) is 10.9 Å². The Labute approximate surface area is 164 Å². The van der Waals surface area contributed by atoms with Crippen LogP contribution in [0.5, 0.6) is 0 Å². The van der Waals surface area contributed by atoms with Gasteiger partial charge in [0.1, 0.15) is 9.88 Å². The molecule has 4 rings (SSSR count). The highest BCUT2D eigenvalue weighted by molar-refractivity contribution is 7.17. The third kappa shape index (κ3) is 3.49. The molecule has 3 aromatic heterocycles. The molecule has 1 unspecified atom stereocenters. The van der Waals surface area contributed by atoms with E-state index < -0.39 is 0 Å². The summed E-state index contributed by atoms with van der Waals surface area (Å²) in [5, 5.41) is 10.2. The first kappa shape index (κ1) is 17.1. The fourth-order valence-corrected chi connectivity index (χ4v) is 5.22. The van der Waals surface area contributed by atoms with Crippen LogP contribution in [-0.2, 0) is 0 Å². The second-order valence-electron chi connectivity index (χ2n) is 5.78. The third-order valence-electron chi connectivity index (χ3n) is 4.01. The number of nitrogens with one attached hydrogen (secondary N) is 1. The van der Waals surface area contributed by atoms with Gasteiger partial charge in [-0.05, 0) is 35.4 Å². The van der Waals surface area contributed by atoms with Crippen molar-refractivity contribution < 1.29 is 4.79 Å². The van der Waals surface area contributed by atoms with E-state index in [0.29, 0.717) is 4.88 Å². The summed E-state index contributed by atoms with van der Waals surface area (Å²) in [4.78, 5) is 19.4. The van der Waals surface area contributed by atoms with Crippen molar-refractivity contribution in [3.05, 3.63) is 85.7 Å². The molecular weight excluding hydrogens is 380 g/mol. The number of aryl methyl sites for hydroxylation is 1. The van der Waals surface area contributed by atoms with Gasteiger partial charge in [0.05, 0.1) is 11.7 Å². The zero-order valence-electron chi connectivity index (χ0n) is 14.0. The Balaban J connectivity index is 1.63. The normalized spacial score (nSPS) is 12.0. The van der Waals surface area contributed by atoms with Crippen LogP contribution in [0.25, 0.3) is 10.6 Å². The third-order valence-corrected chi connectivity index (χ3v) is 6.83. The van der Waals surface area contributed by atoms with Gasteiger partial charge >= 0.3 is 0 Å². The molecule has 26 heavy (non-hydrogen) atoms. The molecule has 1 aromatic carbocycles. The summed E-state index contributed by atoms with van der Waals surface area (Å²) in [5.74, 6) is -0.0799. The van der Waals surface area contributed by atoms with Crippen molar-refractivity contribution in [1.82, 2.24) is 10.3 Å². The van der Waals surface area contributed by atoms with Crippen molar-refractivity contribution in [2.75, 3.05) is 0 Å². The number of thiazole rings is 1. The van der Waals surface area contributed by atoms with E-state index in [1.165, 1.54) is 11.3 Å². The average Bonchev–Trinajstić information content (AvgIpc) is 3.41. The van der Waals surface area contributed by atoms with Gasteiger partial charge in [0, 0.05) is 15.8 Å². The molecule has 0 aliphatic heterocycles. The molecule has 1 atom stereocenters. The zero-order chi connectivity index (χ0) is 17.9. The summed E-state index contributed by atoms with van der Waals surface area (Å²) < 4.78 is 0. The van der Waals surface area contributed by atoms with E-state index in [0.717, 1.165) is 26.7 Å². The van der Waals surface area contributed by atoms with Crippen molar-refractivity contribution in [3.63, 3.8) is 0 Å². The molecule has 0 saturated carbocycles. The van der Waals surface area contributed by atoms with Gasteiger partial charge in [0.15, 0.2) is 0 Å². The lowest BCUT2D eigenvalue weighted by Crippen LogP contribution is -2.28. The quantitative estimate of drug-likeness (QED) is 0.466. The molecule has 0 aliphatic carbocycles. The Kier molecular flexibility index (Phi) is 4.97. The van der Waals surface area contributed by atoms with Gasteiger partial charge in [0.25, 0.3) is 5.91 Å². The second kappa shape index (κ2) is 7.53. The maximum absolute atomic E-state index is 13.0. The fraction of sp³-hybridized carbons (Fsp3) is 0.100. The van der Waals surface area contributed by atoms with Crippen LogP contribution in [0.4, 0.5) is 0 Å². The van der Waals surface area contributed by atoms with Gasteiger partial charge in [-0.2, -0.15) is 11.3 Å². The summed E-state index contributed by atoms with van der Waals surface area (Å²) in [6.45, 7) is 1.89. The summed E-state index contributed by atoms with van der Waals surface area (Å²) in [6.07, 6.45) is 0. The minimum Gasteiger partial charge on any atom is -0.340 e. The van der Waals surface area contributed by atoms with E-state index in [1.807, 2.05) is 60.1 Å². The number of benzene rings is 1. The number of carbonyl (C=O) groups excluding carboxylic acids is 1. The average molecular weight is 397 g/mol. The maximum atomic E-state index is 13.0. The SMILES string of the molecule is Cc1nc(-c2ccsc2)sc1C(=O)NC(c1ccccc1)c1cccs1. The number of carbonyl (C=O) groups is 1. The first-order valence-electron chi connectivity index (χ1n) is 8.11. The molecule has 1 N–H and O–H groups in total. The monoisotopic (exact) mass is 396 g/mol. The fourth-order valence-electron chi connectivity index (χ4n) is 2.73. The molecule has 0 spiro atoms. The largest absolute Gasteiger partial charge is 0.340 e. The van der Waals surface area contributed by atoms with Crippen LogP contribution < -0.4 is 5.32 Å². The van der Waals surface area contributed by atoms with Crippen LogP contribution in [0.15, 0.2) is 64.7 Å². The summed E-state index contributed by atoms with van der Waals surface area (Å²) >= 11 is 4.72. The van der Waals surface area contributed by atoms with Crippen molar-refractivity contribution >= 4 is 39.9 Å². The second-order valence-corrected chi connectivity index (χ2v) is 8.54. The molecule has 0 fully saturated rings. The van der Waals surface area contributed by atoms with E-state index in [4.69, 9.17) is 0 Å². The van der Waals surface area contributed by atoms with Crippen LogP contribution in [0.2, 0.25) is 0 Å². The topological polar surface area (TPSA) is 42.0 Å². The molecule has 1 amide bonds. The van der Waals surface area contributed by atoms with Gasteiger partial charge in [0.2, 0.25) is 0 Å². The minimum absolute atomic E-state index is 0.0799. The number of thiophene rings is 2. The highest BCUT2D eigenvalue weighted by Gasteiger charge is 2.22. The van der Waals surface area contributed by atoms with Crippen LogP contribution in [0, 0.1) is 6.92 Å². The van der Waals surface area contributed by atoms with Crippen molar-refractivity contribution in [2.24, 2.45) is 0 Å². The van der Waals surface area contributed by atoms with Crippen LogP contribution in [0.3, 0.4) is 0 Å². The van der Waals surface area contributed by atoms with E-state index in [9.17, 15) is 4.79 Å². The Hall–Kier alpha value is -2.28. The highest BCUT2D eigenvalue weighted by Crippen LogP contribution is 2.31. The lowest BCUT2D eigenvalue weighted by molar-refractivity contribution is 0.0947. The maximum Gasteiger partial charge on any atom is 0.264 e. The summed E-state index contributed by atoms with van der Waals surface area (Å²) in [6, 6.07) is 16.0. The number of hydrogen-bond acceptors (Lipinski definition) is 5. The molecule has 4 aromatic rings. The predicted octanol–water partition coefficient (Wildman–Crippen LogP) is 5.76. The number of nitrogens with zero attached hydrogens (tertiary/aromatic N) is 1. The van der Waals surface area contributed by atoms with Crippen LogP contribution >= 0.6 is 34.0 Å². The smallest absolute Gasteiger partial charge is 0.264 e. The lowest BCUT2D eigenvalue weighted by atomic mass is 10.1. The molecule has 0 saturated heterocycles. The molecule has 6 heteroatoms. The van der Waals surface area contributed by atoms with Crippen molar-refractivity contribution in [1.29, 1.82) is 0 Å². The molecule has 0 radical (unpaired) electrons. The van der Waals surface area contributed by atoms with Gasteiger partial charge in [-0.25, -0.2) is 4.98 Å². The highest BCUT2D eigenvalue weighted by atomic mass is 32.1. The Morgan fingerprint density at radius 3 is 2.62 bits per heavy atom.